The normalized spacial score (nSPS) is 24.0. The zero-order valence-corrected chi connectivity index (χ0v) is 8.40. The van der Waals surface area contributed by atoms with E-state index in [1.807, 2.05) is 17.9 Å². The summed E-state index contributed by atoms with van der Waals surface area (Å²) in [7, 11) is 1.98. The third kappa shape index (κ3) is 1.61. The second-order valence-corrected chi connectivity index (χ2v) is 3.73. The largest absolute Gasteiger partial charge is 0.296 e. The maximum atomic E-state index is 4.22. The van der Waals surface area contributed by atoms with Gasteiger partial charge in [-0.3, -0.25) is 9.58 Å². The van der Waals surface area contributed by atoms with E-state index in [2.05, 4.69) is 23.1 Å². The maximum Gasteiger partial charge on any atom is 0.0537 e. The van der Waals surface area contributed by atoms with E-state index >= 15 is 0 Å². The summed E-state index contributed by atoms with van der Waals surface area (Å²) in [4.78, 5) is 2.52. The number of aryl methyl sites for hydroxylation is 1. The van der Waals surface area contributed by atoms with E-state index in [1.165, 1.54) is 24.9 Å². The molecule has 0 bridgehead atoms. The minimum Gasteiger partial charge on any atom is -0.296 e. The minimum atomic E-state index is 0.624. The molecule has 3 heteroatoms. The van der Waals surface area contributed by atoms with E-state index in [0.29, 0.717) is 6.04 Å². The van der Waals surface area contributed by atoms with Crippen LogP contribution in [0.15, 0.2) is 12.4 Å². The first-order valence-corrected chi connectivity index (χ1v) is 5.04. The highest BCUT2D eigenvalue weighted by Crippen LogP contribution is 2.30. The average molecular weight is 179 g/mol. The maximum absolute atomic E-state index is 4.22. The van der Waals surface area contributed by atoms with Crippen LogP contribution in [0.3, 0.4) is 0 Å². The van der Waals surface area contributed by atoms with Crippen molar-refractivity contribution in [1.82, 2.24) is 14.7 Å². The molecule has 0 aliphatic carbocycles. The highest BCUT2D eigenvalue weighted by Gasteiger charge is 2.25. The Balaban J connectivity index is 2.15. The van der Waals surface area contributed by atoms with Gasteiger partial charge in [0.2, 0.25) is 0 Å². The first-order chi connectivity index (χ1) is 6.31. The molecule has 2 heterocycles. The Hall–Kier alpha value is -0.830. The Kier molecular flexibility index (Phi) is 2.36. The van der Waals surface area contributed by atoms with Gasteiger partial charge in [0.05, 0.1) is 6.20 Å². The predicted octanol–water partition coefficient (Wildman–Crippen LogP) is 1.58. The van der Waals surface area contributed by atoms with Gasteiger partial charge in [-0.2, -0.15) is 5.10 Å². The van der Waals surface area contributed by atoms with Gasteiger partial charge >= 0.3 is 0 Å². The molecule has 1 aliphatic rings. The molecule has 0 aromatic carbocycles. The van der Waals surface area contributed by atoms with Gasteiger partial charge < -0.3 is 0 Å². The second kappa shape index (κ2) is 3.50. The fourth-order valence-corrected chi connectivity index (χ4v) is 2.19. The molecule has 1 aromatic heterocycles. The lowest BCUT2D eigenvalue weighted by atomic mass is 10.1. The molecule has 0 radical (unpaired) electrons. The van der Waals surface area contributed by atoms with Gasteiger partial charge in [0, 0.05) is 24.8 Å². The van der Waals surface area contributed by atoms with Crippen LogP contribution in [0.1, 0.15) is 31.4 Å². The number of hydrogen-bond acceptors (Lipinski definition) is 2. The number of aromatic nitrogens is 2. The molecular formula is C10H17N3. The smallest absolute Gasteiger partial charge is 0.0537 e. The van der Waals surface area contributed by atoms with Crippen molar-refractivity contribution in [2.45, 2.75) is 25.8 Å². The minimum absolute atomic E-state index is 0.624. The third-order valence-electron chi connectivity index (χ3n) is 2.88. The summed E-state index contributed by atoms with van der Waals surface area (Å²) < 4.78 is 1.89. The quantitative estimate of drug-likeness (QED) is 0.687. The lowest BCUT2D eigenvalue weighted by Crippen LogP contribution is -2.22. The summed E-state index contributed by atoms with van der Waals surface area (Å²) in [5.41, 5.74) is 1.38. The van der Waals surface area contributed by atoms with Gasteiger partial charge in [-0.25, -0.2) is 0 Å². The van der Waals surface area contributed by atoms with Gasteiger partial charge in [-0.15, -0.1) is 0 Å². The average Bonchev–Trinajstić information content (AvgIpc) is 2.71. The van der Waals surface area contributed by atoms with E-state index in [0.717, 1.165) is 6.54 Å². The summed E-state index contributed by atoms with van der Waals surface area (Å²) in [5.74, 6) is 0. The number of nitrogens with zero attached hydrogens (tertiary/aromatic N) is 3. The standard InChI is InChI=1S/C10H17N3/c1-3-13-6-4-5-10(13)9-7-11-12(2)8-9/h7-8,10H,3-6H2,1-2H3. The third-order valence-corrected chi connectivity index (χ3v) is 2.88. The van der Waals surface area contributed by atoms with E-state index in [4.69, 9.17) is 0 Å². The summed E-state index contributed by atoms with van der Waals surface area (Å²) in [6.45, 7) is 4.63. The van der Waals surface area contributed by atoms with Crippen molar-refractivity contribution < 1.29 is 0 Å². The molecular weight excluding hydrogens is 162 g/mol. The Bertz CT molecular complexity index is 279. The van der Waals surface area contributed by atoms with Crippen molar-refractivity contribution >= 4 is 0 Å². The molecule has 0 saturated carbocycles. The van der Waals surface area contributed by atoms with Crippen molar-refractivity contribution in [2.75, 3.05) is 13.1 Å². The van der Waals surface area contributed by atoms with Crippen molar-refractivity contribution in [1.29, 1.82) is 0 Å². The Morgan fingerprint density at radius 3 is 3.08 bits per heavy atom. The first kappa shape index (κ1) is 8.75. The van der Waals surface area contributed by atoms with Crippen LogP contribution in [0.25, 0.3) is 0 Å². The molecule has 1 saturated heterocycles. The van der Waals surface area contributed by atoms with Gasteiger partial charge in [-0.05, 0) is 25.9 Å². The zero-order chi connectivity index (χ0) is 9.26. The molecule has 1 aliphatic heterocycles. The molecule has 0 spiro atoms. The molecule has 0 amide bonds. The fraction of sp³-hybridized carbons (Fsp3) is 0.700. The number of hydrogen-bond donors (Lipinski definition) is 0. The molecule has 13 heavy (non-hydrogen) atoms. The number of rotatable bonds is 2. The second-order valence-electron chi connectivity index (χ2n) is 3.73. The van der Waals surface area contributed by atoms with Crippen LogP contribution in [0.2, 0.25) is 0 Å². The highest BCUT2D eigenvalue weighted by atomic mass is 15.3. The summed E-state index contributed by atoms with van der Waals surface area (Å²) in [5, 5.41) is 4.22. The van der Waals surface area contributed by atoms with Crippen LogP contribution in [0, 0.1) is 0 Å². The number of likely N-dealkylation sites (tertiary alicyclic amines) is 1. The first-order valence-electron chi connectivity index (χ1n) is 5.04. The Labute approximate surface area is 79.3 Å². The van der Waals surface area contributed by atoms with Gasteiger partial charge in [0.25, 0.3) is 0 Å². The molecule has 2 rings (SSSR count). The molecule has 0 N–H and O–H groups in total. The summed E-state index contributed by atoms with van der Waals surface area (Å²) in [6, 6.07) is 0.624. The molecule has 3 nitrogen and oxygen atoms in total. The van der Waals surface area contributed by atoms with Crippen LogP contribution in [0.5, 0.6) is 0 Å². The molecule has 1 aromatic rings. The van der Waals surface area contributed by atoms with Crippen molar-refractivity contribution in [2.24, 2.45) is 7.05 Å². The summed E-state index contributed by atoms with van der Waals surface area (Å²) >= 11 is 0. The fourth-order valence-electron chi connectivity index (χ4n) is 2.19. The predicted molar refractivity (Wildman–Crippen MR) is 52.4 cm³/mol. The van der Waals surface area contributed by atoms with Gasteiger partial charge in [0.1, 0.15) is 0 Å². The molecule has 1 fully saturated rings. The monoisotopic (exact) mass is 179 g/mol. The Morgan fingerprint density at radius 1 is 1.62 bits per heavy atom. The van der Waals surface area contributed by atoms with Crippen molar-refractivity contribution in [3.8, 4) is 0 Å². The van der Waals surface area contributed by atoms with Crippen LogP contribution in [-0.4, -0.2) is 27.8 Å². The van der Waals surface area contributed by atoms with E-state index in [9.17, 15) is 0 Å². The van der Waals surface area contributed by atoms with Crippen LogP contribution < -0.4 is 0 Å². The zero-order valence-electron chi connectivity index (χ0n) is 8.40. The van der Waals surface area contributed by atoms with Crippen LogP contribution >= 0.6 is 0 Å². The van der Waals surface area contributed by atoms with Gasteiger partial charge in [-0.1, -0.05) is 6.92 Å². The van der Waals surface area contributed by atoms with Crippen LogP contribution in [-0.2, 0) is 7.05 Å². The molecule has 1 unspecified atom stereocenters. The van der Waals surface area contributed by atoms with Crippen molar-refractivity contribution in [3.63, 3.8) is 0 Å². The van der Waals surface area contributed by atoms with Crippen molar-refractivity contribution in [3.05, 3.63) is 18.0 Å². The molecule has 1 atom stereocenters. The topological polar surface area (TPSA) is 21.1 Å². The summed E-state index contributed by atoms with van der Waals surface area (Å²) in [6.07, 6.45) is 6.75. The van der Waals surface area contributed by atoms with Crippen LogP contribution in [0.4, 0.5) is 0 Å². The lowest BCUT2D eigenvalue weighted by Gasteiger charge is -2.21. The van der Waals surface area contributed by atoms with E-state index in [-0.39, 0.29) is 0 Å². The highest BCUT2D eigenvalue weighted by molar-refractivity contribution is 5.11. The Morgan fingerprint density at radius 2 is 2.46 bits per heavy atom. The lowest BCUT2D eigenvalue weighted by molar-refractivity contribution is 0.271. The van der Waals surface area contributed by atoms with E-state index in [1.54, 1.807) is 0 Å². The van der Waals surface area contributed by atoms with E-state index < -0.39 is 0 Å². The molecule has 72 valence electrons. The van der Waals surface area contributed by atoms with Gasteiger partial charge in [0.15, 0.2) is 0 Å². The SMILES string of the molecule is CCN1CCCC1c1cnn(C)c1.